The zero-order valence-electron chi connectivity index (χ0n) is 14.5. The standard InChI is InChI=1S/C19H21N3O2S/c1-13-6-7-16(11-14(13)2)24-15(3)19(23)21-18-8-9-20-22(18)12-17-5-4-10-25-17/h4-11,15H,12H2,1-3H3,(H,21,23). The fourth-order valence-electron chi connectivity index (χ4n) is 2.39. The third-order valence-corrected chi connectivity index (χ3v) is 4.88. The van der Waals surface area contributed by atoms with Gasteiger partial charge >= 0.3 is 0 Å². The lowest BCUT2D eigenvalue weighted by Gasteiger charge is -2.16. The minimum Gasteiger partial charge on any atom is -0.481 e. The number of hydrogen-bond donors (Lipinski definition) is 1. The highest BCUT2D eigenvalue weighted by molar-refractivity contribution is 7.09. The van der Waals surface area contributed by atoms with Crippen molar-refractivity contribution in [1.29, 1.82) is 0 Å². The largest absolute Gasteiger partial charge is 0.481 e. The van der Waals surface area contributed by atoms with E-state index >= 15 is 0 Å². The maximum atomic E-state index is 12.4. The molecule has 2 aromatic heterocycles. The Hall–Kier alpha value is -2.60. The van der Waals surface area contributed by atoms with Crippen molar-refractivity contribution < 1.29 is 9.53 Å². The lowest BCUT2D eigenvalue weighted by Crippen LogP contribution is -2.31. The lowest BCUT2D eigenvalue weighted by molar-refractivity contribution is -0.122. The van der Waals surface area contributed by atoms with E-state index in [0.717, 1.165) is 5.56 Å². The number of aryl methyl sites for hydroxylation is 2. The van der Waals surface area contributed by atoms with Crippen LogP contribution >= 0.6 is 11.3 Å². The molecule has 0 saturated heterocycles. The Morgan fingerprint density at radius 2 is 2.12 bits per heavy atom. The average Bonchev–Trinajstić information content (AvgIpc) is 3.24. The Balaban J connectivity index is 1.63. The van der Waals surface area contributed by atoms with Crippen LogP contribution in [0.4, 0.5) is 5.82 Å². The van der Waals surface area contributed by atoms with Crippen molar-refractivity contribution in [3.05, 3.63) is 64.0 Å². The van der Waals surface area contributed by atoms with Gasteiger partial charge in [0.25, 0.3) is 5.91 Å². The van der Waals surface area contributed by atoms with Gasteiger partial charge in [0.2, 0.25) is 0 Å². The molecular formula is C19H21N3O2S. The van der Waals surface area contributed by atoms with Crippen molar-refractivity contribution >= 4 is 23.1 Å². The van der Waals surface area contributed by atoms with Crippen LogP contribution in [-0.2, 0) is 11.3 Å². The van der Waals surface area contributed by atoms with Gasteiger partial charge in [0, 0.05) is 10.9 Å². The van der Waals surface area contributed by atoms with Gasteiger partial charge in [-0.05, 0) is 55.5 Å². The molecule has 1 aromatic carbocycles. The Kier molecular flexibility index (Phi) is 5.19. The summed E-state index contributed by atoms with van der Waals surface area (Å²) in [6.07, 6.45) is 1.07. The van der Waals surface area contributed by atoms with Crippen LogP contribution in [0.5, 0.6) is 5.75 Å². The summed E-state index contributed by atoms with van der Waals surface area (Å²) in [5.74, 6) is 1.15. The Morgan fingerprint density at radius 1 is 1.28 bits per heavy atom. The van der Waals surface area contributed by atoms with Gasteiger partial charge in [-0.15, -0.1) is 11.3 Å². The van der Waals surface area contributed by atoms with Crippen molar-refractivity contribution in [2.24, 2.45) is 0 Å². The van der Waals surface area contributed by atoms with Crippen LogP contribution < -0.4 is 10.1 Å². The molecule has 0 radical (unpaired) electrons. The van der Waals surface area contributed by atoms with Crippen molar-refractivity contribution in [3.8, 4) is 5.75 Å². The molecule has 0 bridgehead atoms. The number of ether oxygens (including phenoxy) is 1. The number of benzene rings is 1. The van der Waals surface area contributed by atoms with Gasteiger partial charge in [-0.1, -0.05) is 12.1 Å². The molecule has 1 unspecified atom stereocenters. The number of aromatic nitrogens is 2. The molecule has 6 heteroatoms. The van der Waals surface area contributed by atoms with E-state index in [4.69, 9.17) is 4.74 Å². The van der Waals surface area contributed by atoms with Crippen LogP contribution in [0.2, 0.25) is 0 Å². The molecule has 3 rings (SSSR count). The predicted octanol–water partition coefficient (Wildman–Crippen LogP) is 4.02. The monoisotopic (exact) mass is 355 g/mol. The quantitative estimate of drug-likeness (QED) is 0.727. The number of carbonyl (C=O) groups is 1. The van der Waals surface area contributed by atoms with Crippen LogP contribution in [-0.4, -0.2) is 21.8 Å². The summed E-state index contributed by atoms with van der Waals surface area (Å²) in [4.78, 5) is 13.6. The number of amides is 1. The summed E-state index contributed by atoms with van der Waals surface area (Å²) in [5, 5.41) is 9.19. The molecule has 25 heavy (non-hydrogen) atoms. The molecule has 0 spiro atoms. The summed E-state index contributed by atoms with van der Waals surface area (Å²) in [6.45, 7) is 6.44. The molecule has 130 valence electrons. The van der Waals surface area contributed by atoms with Gasteiger partial charge in [-0.3, -0.25) is 4.79 Å². The van der Waals surface area contributed by atoms with Crippen molar-refractivity contribution in [1.82, 2.24) is 9.78 Å². The predicted molar refractivity (Wildman–Crippen MR) is 100 cm³/mol. The van der Waals surface area contributed by atoms with Crippen LogP contribution in [0.3, 0.4) is 0 Å². The molecule has 1 amide bonds. The van der Waals surface area contributed by atoms with Crippen molar-refractivity contribution in [3.63, 3.8) is 0 Å². The molecule has 0 aliphatic carbocycles. The first kappa shape index (κ1) is 17.2. The lowest BCUT2D eigenvalue weighted by atomic mass is 10.1. The molecule has 5 nitrogen and oxygen atoms in total. The van der Waals surface area contributed by atoms with E-state index < -0.39 is 6.10 Å². The Bertz CT molecular complexity index is 855. The zero-order chi connectivity index (χ0) is 17.8. The topological polar surface area (TPSA) is 56.1 Å². The van der Waals surface area contributed by atoms with Crippen LogP contribution in [0, 0.1) is 13.8 Å². The summed E-state index contributed by atoms with van der Waals surface area (Å²) >= 11 is 1.66. The first-order chi connectivity index (χ1) is 12.0. The summed E-state index contributed by atoms with van der Waals surface area (Å²) in [5.41, 5.74) is 2.33. The number of nitrogens with one attached hydrogen (secondary N) is 1. The van der Waals surface area contributed by atoms with E-state index in [1.54, 1.807) is 35.2 Å². The van der Waals surface area contributed by atoms with E-state index in [0.29, 0.717) is 18.1 Å². The van der Waals surface area contributed by atoms with Crippen molar-refractivity contribution in [2.45, 2.75) is 33.4 Å². The molecule has 3 aromatic rings. The number of hydrogen-bond acceptors (Lipinski definition) is 4. The molecule has 0 aliphatic rings. The second-order valence-electron chi connectivity index (χ2n) is 5.95. The second kappa shape index (κ2) is 7.53. The van der Waals surface area contributed by atoms with Crippen molar-refractivity contribution in [2.75, 3.05) is 5.32 Å². The highest BCUT2D eigenvalue weighted by atomic mass is 32.1. The van der Waals surface area contributed by atoms with E-state index in [2.05, 4.69) is 10.4 Å². The first-order valence-corrected chi connectivity index (χ1v) is 9.00. The van der Waals surface area contributed by atoms with Crippen LogP contribution in [0.15, 0.2) is 48.0 Å². The molecule has 0 fully saturated rings. The molecule has 0 aliphatic heterocycles. The van der Waals surface area contributed by atoms with Gasteiger partial charge < -0.3 is 10.1 Å². The van der Waals surface area contributed by atoms with E-state index in [1.807, 2.05) is 49.6 Å². The average molecular weight is 355 g/mol. The highest BCUT2D eigenvalue weighted by Gasteiger charge is 2.17. The Morgan fingerprint density at radius 3 is 2.84 bits per heavy atom. The first-order valence-electron chi connectivity index (χ1n) is 8.12. The zero-order valence-corrected chi connectivity index (χ0v) is 15.3. The summed E-state index contributed by atoms with van der Waals surface area (Å²) in [6, 6.07) is 11.7. The van der Waals surface area contributed by atoms with Gasteiger partial charge in [-0.2, -0.15) is 5.10 Å². The molecule has 2 heterocycles. The minimum absolute atomic E-state index is 0.203. The maximum absolute atomic E-state index is 12.4. The van der Waals surface area contributed by atoms with Crippen LogP contribution in [0.1, 0.15) is 22.9 Å². The number of thiophene rings is 1. The highest BCUT2D eigenvalue weighted by Crippen LogP contribution is 2.19. The minimum atomic E-state index is -0.604. The normalized spacial score (nSPS) is 12.0. The van der Waals surface area contributed by atoms with Gasteiger partial charge in [0.15, 0.2) is 6.10 Å². The molecule has 0 saturated carbocycles. The molecular weight excluding hydrogens is 334 g/mol. The van der Waals surface area contributed by atoms with E-state index in [-0.39, 0.29) is 5.91 Å². The number of rotatable bonds is 6. The van der Waals surface area contributed by atoms with E-state index in [9.17, 15) is 4.79 Å². The Labute approximate surface area is 151 Å². The smallest absolute Gasteiger partial charge is 0.266 e. The fourth-order valence-corrected chi connectivity index (χ4v) is 3.07. The summed E-state index contributed by atoms with van der Waals surface area (Å²) in [7, 11) is 0. The second-order valence-corrected chi connectivity index (χ2v) is 6.98. The summed E-state index contributed by atoms with van der Waals surface area (Å²) < 4.78 is 7.54. The number of nitrogens with zero attached hydrogens (tertiary/aromatic N) is 2. The molecule has 1 N–H and O–H groups in total. The maximum Gasteiger partial charge on any atom is 0.266 e. The number of carbonyl (C=O) groups excluding carboxylic acids is 1. The third-order valence-electron chi connectivity index (χ3n) is 4.01. The van der Waals surface area contributed by atoms with E-state index in [1.165, 1.54) is 10.4 Å². The molecule has 1 atom stereocenters. The fraction of sp³-hybridized carbons (Fsp3) is 0.263. The SMILES string of the molecule is Cc1ccc(OC(C)C(=O)Nc2ccnn2Cc2cccs2)cc1C. The van der Waals surface area contributed by atoms with Gasteiger partial charge in [0.1, 0.15) is 11.6 Å². The van der Waals surface area contributed by atoms with Gasteiger partial charge in [-0.25, -0.2) is 4.68 Å². The third kappa shape index (κ3) is 4.28. The number of anilines is 1. The van der Waals surface area contributed by atoms with Crippen LogP contribution in [0.25, 0.3) is 0 Å². The van der Waals surface area contributed by atoms with Gasteiger partial charge in [0.05, 0.1) is 12.7 Å².